The lowest BCUT2D eigenvalue weighted by Crippen LogP contribution is -2.36. The van der Waals surface area contributed by atoms with Crippen LogP contribution in [0, 0.1) is 0 Å². The van der Waals surface area contributed by atoms with Crippen molar-refractivity contribution < 1.29 is 19.1 Å². The Bertz CT molecular complexity index is 1310. The van der Waals surface area contributed by atoms with Gasteiger partial charge in [0.05, 0.1) is 30.6 Å². The van der Waals surface area contributed by atoms with Crippen molar-refractivity contribution in [3.63, 3.8) is 0 Å². The molecule has 12 nitrogen and oxygen atoms in total. The molecule has 2 aliphatic rings. The molecule has 0 bridgehead atoms. The van der Waals surface area contributed by atoms with E-state index < -0.39 is 12.0 Å². The highest BCUT2D eigenvalue weighted by atomic mass is 16.5. The first-order valence-corrected chi connectivity index (χ1v) is 11.8. The second-order valence-electron chi connectivity index (χ2n) is 8.54. The summed E-state index contributed by atoms with van der Waals surface area (Å²) in [7, 11) is 1.64. The van der Waals surface area contributed by atoms with Crippen LogP contribution < -0.4 is 20.9 Å². The number of nitrogens with zero attached hydrogens (tertiary/aromatic N) is 6. The van der Waals surface area contributed by atoms with Gasteiger partial charge in [-0.25, -0.2) is 9.97 Å². The number of ether oxygens (including phenoxy) is 1. The average Bonchev–Trinajstić information content (AvgIpc) is 3.53. The zero-order valence-corrected chi connectivity index (χ0v) is 19.9. The first-order valence-electron chi connectivity index (χ1n) is 11.8. The predicted molar refractivity (Wildman–Crippen MR) is 136 cm³/mol. The molecule has 2 saturated heterocycles. The Kier molecular flexibility index (Phi) is 6.78. The molecule has 0 aliphatic carbocycles. The first-order chi connectivity index (χ1) is 17.6. The molecule has 3 aromatic rings. The second-order valence-corrected chi connectivity index (χ2v) is 8.54. The minimum atomic E-state index is -0.486. The van der Waals surface area contributed by atoms with Crippen molar-refractivity contribution in [2.24, 2.45) is 10.7 Å². The van der Waals surface area contributed by atoms with Crippen LogP contribution in [0.1, 0.15) is 22.5 Å². The van der Waals surface area contributed by atoms with Crippen molar-refractivity contribution >= 4 is 46.6 Å². The summed E-state index contributed by atoms with van der Waals surface area (Å²) in [5.41, 5.74) is 8.01. The number of rotatable bonds is 6. The van der Waals surface area contributed by atoms with Crippen molar-refractivity contribution in [1.29, 1.82) is 0 Å². The highest BCUT2D eigenvalue weighted by molar-refractivity contribution is 6.10. The molecule has 1 atom stereocenters. The topological polar surface area (TPSA) is 155 Å². The minimum Gasteiger partial charge on any atom is -0.422 e. The van der Waals surface area contributed by atoms with Gasteiger partial charge in [0, 0.05) is 57.3 Å². The highest BCUT2D eigenvalue weighted by Crippen LogP contribution is 2.30. The number of aromatic nitrogens is 3. The van der Waals surface area contributed by atoms with E-state index in [2.05, 4.69) is 25.3 Å². The van der Waals surface area contributed by atoms with Crippen molar-refractivity contribution in [2.75, 3.05) is 61.6 Å². The molecule has 2 fully saturated rings. The number of fused-ring (bicyclic) bond motifs is 1. The van der Waals surface area contributed by atoms with Crippen LogP contribution >= 0.6 is 0 Å². The SMILES string of the molecule is CN=CC(=CN)c1cccc(NC(=O)c2cc3oc(N4CCOCC4)nc3nc2N2CCC(O)C2)n1. The minimum absolute atomic E-state index is 0.304. The Hall–Kier alpha value is -4.03. The number of morpholine rings is 1. The van der Waals surface area contributed by atoms with Gasteiger partial charge in [0.1, 0.15) is 11.6 Å². The van der Waals surface area contributed by atoms with Crippen LogP contribution in [0.4, 0.5) is 17.7 Å². The van der Waals surface area contributed by atoms with E-state index in [0.29, 0.717) is 91.5 Å². The number of hydrogen-bond donors (Lipinski definition) is 3. The van der Waals surface area contributed by atoms with Gasteiger partial charge < -0.3 is 35.1 Å². The molecule has 4 N–H and O–H groups in total. The molecule has 0 saturated carbocycles. The summed E-state index contributed by atoms with van der Waals surface area (Å²) in [6.45, 7) is 3.46. The maximum atomic E-state index is 13.5. The van der Waals surface area contributed by atoms with E-state index in [1.807, 2.05) is 9.80 Å². The van der Waals surface area contributed by atoms with E-state index >= 15 is 0 Å². The summed E-state index contributed by atoms with van der Waals surface area (Å²) in [5.74, 6) is 0.382. The third-order valence-corrected chi connectivity index (χ3v) is 6.07. The quantitative estimate of drug-likeness (QED) is 0.429. The van der Waals surface area contributed by atoms with Crippen LogP contribution in [-0.2, 0) is 4.74 Å². The maximum Gasteiger partial charge on any atom is 0.300 e. The number of allylic oxidation sites excluding steroid dienone is 1. The van der Waals surface area contributed by atoms with Gasteiger partial charge in [-0.15, -0.1) is 0 Å². The van der Waals surface area contributed by atoms with Gasteiger partial charge in [0.15, 0.2) is 5.58 Å². The summed E-state index contributed by atoms with van der Waals surface area (Å²) < 4.78 is 11.4. The number of β-amino-alcohol motifs (C(OH)–C–C–N with tert-alkyl or cyclic N) is 1. The molecule has 5 rings (SSSR count). The van der Waals surface area contributed by atoms with Crippen LogP contribution in [0.15, 0.2) is 39.9 Å². The molecule has 0 aromatic carbocycles. The number of hydrogen-bond acceptors (Lipinski definition) is 11. The van der Waals surface area contributed by atoms with Gasteiger partial charge in [-0.05, 0) is 18.6 Å². The molecule has 1 amide bonds. The number of nitrogens with two attached hydrogens (primary N) is 1. The van der Waals surface area contributed by atoms with E-state index in [4.69, 9.17) is 14.9 Å². The fourth-order valence-electron chi connectivity index (χ4n) is 4.26. The number of oxazole rings is 1. The molecule has 1 unspecified atom stereocenters. The molecule has 0 radical (unpaired) electrons. The fraction of sp³-hybridized carbons (Fsp3) is 0.375. The standard InChI is InChI=1S/C24H28N8O4/c1-26-13-15(12-25)18-3-2-4-20(27-18)28-23(34)17-11-19-21(29-22(17)32-6-5-16(33)14-32)30-24(36-19)31-7-9-35-10-8-31/h2-4,11-13,16,33H,5-10,14,25H2,1H3,(H,27,28,34). The van der Waals surface area contributed by atoms with Gasteiger partial charge in [-0.3, -0.25) is 9.79 Å². The number of aliphatic hydroxyl groups is 1. The molecule has 12 heteroatoms. The number of amides is 1. The van der Waals surface area contributed by atoms with Gasteiger partial charge >= 0.3 is 0 Å². The van der Waals surface area contributed by atoms with Crippen molar-refractivity contribution in [3.8, 4) is 0 Å². The van der Waals surface area contributed by atoms with E-state index in [0.717, 1.165) is 0 Å². The van der Waals surface area contributed by atoms with Crippen LogP contribution in [0.25, 0.3) is 16.8 Å². The molecule has 188 valence electrons. The molecule has 3 aromatic heterocycles. The number of anilines is 3. The second kappa shape index (κ2) is 10.3. The number of carbonyl (C=O) groups excluding carboxylic acids is 1. The van der Waals surface area contributed by atoms with Crippen molar-refractivity contribution in [3.05, 3.63) is 41.7 Å². The first kappa shape index (κ1) is 23.7. The summed E-state index contributed by atoms with van der Waals surface area (Å²) in [5, 5.41) is 13.0. The zero-order valence-electron chi connectivity index (χ0n) is 19.9. The Morgan fingerprint density at radius 2 is 2.06 bits per heavy atom. The zero-order chi connectivity index (χ0) is 25.1. The number of aliphatic imine (C=N–C) groups is 1. The number of aliphatic hydroxyl groups excluding tert-OH is 1. The predicted octanol–water partition coefficient (Wildman–Crippen LogP) is 1.28. The number of carbonyl (C=O) groups is 1. The third kappa shape index (κ3) is 4.86. The smallest absolute Gasteiger partial charge is 0.300 e. The van der Waals surface area contributed by atoms with Crippen molar-refractivity contribution in [2.45, 2.75) is 12.5 Å². The summed E-state index contributed by atoms with van der Waals surface area (Å²) >= 11 is 0. The summed E-state index contributed by atoms with van der Waals surface area (Å²) in [6.07, 6.45) is 3.11. The van der Waals surface area contributed by atoms with Crippen LogP contribution in [-0.4, -0.2) is 84.7 Å². The lowest BCUT2D eigenvalue weighted by Gasteiger charge is -2.24. The summed E-state index contributed by atoms with van der Waals surface area (Å²) in [6, 6.07) is 7.33. The molecular weight excluding hydrogens is 464 g/mol. The number of nitrogens with one attached hydrogen (secondary N) is 1. The van der Waals surface area contributed by atoms with Crippen molar-refractivity contribution in [1.82, 2.24) is 15.0 Å². The average molecular weight is 493 g/mol. The van der Waals surface area contributed by atoms with Gasteiger partial charge in [-0.1, -0.05) is 6.07 Å². The molecule has 2 aliphatic heterocycles. The summed E-state index contributed by atoms with van der Waals surface area (Å²) in [4.78, 5) is 35.1. The maximum absolute atomic E-state index is 13.5. The van der Waals surface area contributed by atoms with Gasteiger partial charge in [-0.2, -0.15) is 4.98 Å². The normalized spacial score (nSPS) is 18.9. The van der Waals surface area contributed by atoms with Crippen LogP contribution in [0.5, 0.6) is 0 Å². The highest BCUT2D eigenvalue weighted by Gasteiger charge is 2.28. The lowest BCUT2D eigenvalue weighted by molar-refractivity contribution is 0.102. The van der Waals surface area contributed by atoms with Crippen LogP contribution in [0.3, 0.4) is 0 Å². The molecule has 36 heavy (non-hydrogen) atoms. The fourth-order valence-corrected chi connectivity index (χ4v) is 4.26. The molecular formula is C24H28N8O4. The van der Waals surface area contributed by atoms with E-state index in [1.54, 1.807) is 37.5 Å². The largest absolute Gasteiger partial charge is 0.422 e. The Morgan fingerprint density at radius 1 is 1.22 bits per heavy atom. The number of pyridine rings is 2. The molecule has 5 heterocycles. The van der Waals surface area contributed by atoms with E-state index in [-0.39, 0.29) is 0 Å². The van der Waals surface area contributed by atoms with E-state index in [9.17, 15) is 9.90 Å². The monoisotopic (exact) mass is 492 g/mol. The third-order valence-electron chi connectivity index (χ3n) is 6.07. The molecule has 0 spiro atoms. The lowest BCUT2D eigenvalue weighted by atomic mass is 10.2. The van der Waals surface area contributed by atoms with Gasteiger partial charge in [0.25, 0.3) is 11.9 Å². The Morgan fingerprint density at radius 3 is 2.78 bits per heavy atom. The van der Waals surface area contributed by atoms with E-state index in [1.165, 1.54) is 6.20 Å². The Balaban J connectivity index is 1.49. The Labute approximate surface area is 207 Å². The van der Waals surface area contributed by atoms with Gasteiger partial charge in [0.2, 0.25) is 5.65 Å². The van der Waals surface area contributed by atoms with Crippen LogP contribution in [0.2, 0.25) is 0 Å².